The van der Waals surface area contributed by atoms with E-state index in [2.05, 4.69) is 0 Å². The largest absolute Gasteiger partial charge is 0.481 e. The van der Waals surface area contributed by atoms with Gasteiger partial charge in [-0.1, -0.05) is 18.5 Å². The molecule has 5 nitrogen and oxygen atoms in total. The second-order valence-electron chi connectivity index (χ2n) is 5.45. The van der Waals surface area contributed by atoms with Crippen molar-refractivity contribution in [2.75, 3.05) is 25.0 Å². The number of carbonyl (C=O) groups is 2. The first-order valence-corrected chi connectivity index (χ1v) is 7.28. The van der Waals surface area contributed by atoms with Crippen LogP contribution in [0.15, 0.2) is 24.3 Å². The average molecular weight is 311 g/mol. The molecule has 2 atom stereocenters. The monoisotopic (exact) mass is 310 g/mol. The molecular formula is C15H19ClN2O3. The van der Waals surface area contributed by atoms with Crippen molar-refractivity contribution >= 4 is 29.2 Å². The number of amides is 1. The molecular weight excluding hydrogens is 292 g/mol. The highest BCUT2D eigenvalue weighted by atomic mass is 35.5. The lowest BCUT2D eigenvalue weighted by Gasteiger charge is -2.25. The van der Waals surface area contributed by atoms with Gasteiger partial charge in [-0.05, 0) is 37.7 Å². The van der Waals surface area contributed by atoms with Gasteiger partial charge in [-0.2, -0.15) is 0 Å². The Morgan fingerprint density at radius 2 is 2.10 bits per heavy atom. The van der Waals surface area contributed by atoms with Gasteiger partial charge in [-0.25, -0.2) is 0 Å². The van der Waals surface area contributed by atoms with Gasteiger partial charge in [0, 0.05) is 23.8 Å². The fourth-order valence-corrected chi connectivity index (χ4v) is 2.71. The molecule has 1 aromatic rings. The Morgan fingerprint density at radius 1 is 1.48 bits per heavy atom. The third-order valence-corrected chi connectivity index (χ3v) is 4.08. The standard InChI is InChI=1S/C15H19ClN2O3/c1-10(15(20)21)9-17(2)13-7-8-18(14(13)19)12-5-3-11(16)4-6-12/h3-6,10,13H,7-9H2,1-2H3,(H,20,21). The summed E-state index contributed by atoms with van der Waals surface area (Å²) < 4.78 is 0. The van der Waals surface area contributed by atoms with E-state index >= 15 is 0 Å². The molecule has 114 valence electrons. The van der Waals surface area contributed by atoms with E-state index in [1.165, 1.54) is 0 Å². The van der Waals surface area contributed by atoms with Crippen molar-refractivity contribution in [1.82, 2.24) is 4.90 Å². The third-order valence-electron chi connectivity index (χ3n) is 3.83. The normalized spacial score (nSPS) is 20.1. The molecule has 1 aliphatic rings. The van der Waals surface area contributed by atoms with Crippen molar-refractivity contribution < 1.29 is 14.7 Å². The molecule has 0 radical (unpaired) electrons. The van der Waals surface area contributed by atoms with Crippen molar-refractivity contribution in [1.29, 1.82) is 0 Å². The van der Waals surface area contributed by atoms with Crippen LogP contribution in [0.25, 0.3) is 0 Å². The Labute approximate surface area is 129 Å². The number of rotatable bonds is 5. The maximum Gasteiger partial charge on any atom is 0.307 e. The molecule has 1 aromatic carbocycles. The highest BCUT2D eigenvalue weighted by Gasteiger charge is 2.35. The van der Waals surface area contributed by atoms with Crippen LogP contribution >= 0.6 is 11.6 Å². The van der Waals surface area contributed by atoms with Gasteiger partial charge in [0.15, 0.2) is 0 Å². The molecule has 1 saturated heterocycles. The van der Waals surface area contributed by atoms with Gasteiger partial charge in [-0.3, -0.25) is 14.5 Å². The number of nitrogens with zero attached hydrogens (tertiary/aromatic N) is 2. The van der Waals surface area contributed by atoms with Crippen LogP contribution in [0.5, 0.6) is 0 Å². The zero-order chi connectivity index (χ0) is 15.6. The Balaban J connectivity index is 2.04. The van der Waals surface area contributed by atoms with Gasteiger partial charge >= 0.3 is 5.97 Å². The molecule has 0 aliphatic carbocycles. The molecule has 2 unspecified atom stereocenters. The maximum atomic E-state index is 12.5. The first-order valence-electron chi connectivity index (χ1n) is 6.90. The van der Waals surface area contributed by atoms with E-state index in [1.807, 2.05) is 17.0 Å². The van der Waals surface area contributed by atoms with E-state index < -0.39 is 11.9 Å². The van der Waals surface area contributed by atoms with Gasteiger partial charge in [0.25, 0.3) is 0 Å². The highest BCUT2D eigenvalue weighted by molar-refractivity contribution is 6.30. The summed E-state index contributed by atoms with van der Waals surface area (Å²) in [5, 5.41) is 9.59. The van der Waals surface area contributed by atoms with Gasteiger partial charge < -0.3 is 10.0 Å². The van der Waals surface area contributed by atoms with Crippen molar-refractivity contribution in [3.63, 3.8) is 0 Å². The van der Waals surface area contributed by atoms with E-state index in [4.69, 9.17) is 16.7 Å². The summed E-state index contributed by atoms with van der Waals surface area (Å²) in [4.78, 5) is 27.0. The maximum absolute atomic E-state index is 12.5. The summed E-state index contributed by atoms with van der Waals surface area (Å²) in [5.74, 6) is -1.33. The summed E-state index contributed by atoms with van der Waals surface area (Å²) in [5.41, 5.74) is 0.826. The van der Waals surface area contributed by atoms with Crippen molar-refractivity contribution in [2.24, 2.45) is 5.92 Å². The van der Waals surface area contributed by atoms with Crippen LogP contribution in [-0.4, -0.2) is 48.1 Å². The molecule has 0 bridgehead atoms. The van der Waals surface area contributed by atoms with Crippen molar-refractivity contribution in [3.05, 3.63) is 29.3 Å². The van der Waals surface area contributed by atoms with Crippen molar-refractivity contribution in [3.8, 4) is 0 Å². The van der Waals surface area contributed by atoms with E-state index in [0.717, 1.165) is 5.69 Å². The van der Waals surface area contributed by atoms with E-state index in [0.29, 0.717) is 24.5 Å². The minimum absolute atomic E-state index is 0.0115. The minimum Gasteiger partial charge on any atom is -0.481 e. The van der Waals surface area contributed by atoms with Crippen LogP contribution in [0.4, 0.5) is 5.69 Å². The predicted molar refractivity (Wildman–Crippen MR) is 81.6 cm³/mol. The lowest BCUT2D eigenvalue weighted by molar-refractivity contribution is -0.142. The van der Waals surface area contributed by atoms with Crippen LogP contribution in [-0.2, 0) is 9.59 Å². The number of likely N-dealkylation sites (N-methyl/N-ethyl adjacent to an activating group) is 1. The van der Waals surface area contributed by atoms with E-state index in [-0.39, 0.29) is 11.9 Å². The molecule has 1 heterocycles. The number of carboxylic acids is 1. The molecule has 2 rings (SSSR count). The number of hydrogen-bond donors (Lipinski definition) is 1. The van der Waals surface area contributed by atoms with Gasteiger partial charge in [0.05, 0.1) is 12.0 Å². The summed E-state index contributed by atoms with van der Waals surface area (Å²) in [7, 11) is 1.80. The zero-order valence-corrected chi connectivity index (χ0v) is 12.9. The molecule has 1 N–H and O–H groups in total. The Kier molecular flexibility index (Phi) is 4.85. The zero-order valence-electron chi connectivity index (χ0n) is 12.1. The number of hydrogen-bond acceptors (Lipinski definition) is 3. The molecule has 0 aromatic heterocycles. The number of benzene rings is 1. The second kappa shape index (κ2) is 6.45. The molecule has 6 heteroatoms. The van der Waals surface area contributed by atoms with Crippen LogP contribution in [0.1, 0.15) is 13.3 Å². The van der Waals surface area contributed by atoms with Crippen LogP contribution in [0.3, 0.4) is 0 Å². The Hall–Kier alpha value is -1.59. The first kappa shape index (κ1) is 15.8. The van der Waals surface area contributed by atoms with E-state index in [1.54, 1.807) is 31.0 Å². The van der Waals surface area contributed by atoms with Gasteiger partial charge in [0.2, 0.25) is 5.91 Å². The number of aliphatic carboxylic acids is 1. The predicted octanol–water partition coefficient (Wildman–Crippen LogP) is 2.10. The Bertz CT molecular complexity index is 532. The molecule has 1 amide bonds. The smallest absolute Gasteiger partial charge is 0.307 e. The van der Waals surface area contributed by atoms with Crippen LogP contribution < -0.4 is 4.90 Å². The number of carbonyl (C=O) groups excluding carboxylic acids is 1. The topological polar surface area (TPSA) is 60.9 Å². The highest BCUT2D eigenvalue weighted by Crippen LogP contribution is 2.25. The number of carboxylic acid groups (broad SMARTS) is 1. The molecule has 0 saturated carbocycles. The van der Waals surface area contributed by atoms with Gasteiger partial charge in [-0.15, -0.1) is 0 Å². The summed E-state index contributed by atoms with van der Waals surface area (Å²) >= 11 is 5.85. The van der Waals surface area contributed by atoms with Gasteiger partial charge in [0.1, 0.15) is 0 Å². The Morgan fingerprint density at radius 3 is 2.67 bits per heavy atom. The number of halogens is 1. The van der Waals surface area contributed by atoms with E-state index in [9.17, 15) is 9.59 Å². The SMILES string of the molecule is CC(CN(C)C1CCN(c2ccc(Cl)cc2)C1=O)C(=O)O. The summed E-state index contributed by atoms with van der Waals surface area (Å²) in [6.45, 7) is 2.65. The summed E-state index contributed by atoms with van der Waals surface area (Å²) in [6.07, 6.45) is 0.699. The average Bonchev–Trinajstić information content (AvgIpc) is 2.81. The second-order valence-corrected chi connectivity index (χ2v) is 5.89. The first-order chi connectivity index (χ1) is 9.90. The third kappa shape index (κ3) is 3.54. The lowest BCUT2D eigenvalue weighted by atomic mass is 10.1. The summed E-state index contributed by atoms with van der Waals surface area (Å²) in [6, 6.07) is 6.90. The van der Waals surface area contributed by atoms with Crippen molar-refractivity contribution in [2.45, 2.75) is 19.4 Å². The quantitative estimate of drug-likeness (QED) is 0.904. The molecule has 1 fully saturated rings. The molecule has 0 spiro atoms. The lowest BCUT2D eigenvalue weighted by Crippen LogP contribution is -2.42. The van der Waals surface area contributed by atoms with Crippen LogP contribution in [0, 0.1) is 5.92 Å². The minimum atomic E-state index is -0.846. The molecule has 21 heavy (non-hydrogen) atoms. The fourth-order valence-electron chi connectivity index (χ4n) is 2.59. The van der Waals surface area contributed by atoms with Crippen LogP contribution in [0.2, 0.25) is 5.02 Å². The molecule has 1 aliphatic heterocycles. The fraction of sp³-hybridized carbons (Fsp3) is 0.467. The number of anilines is 1.